The molecule has 0 fully saturated rings. The van der Waals surface area contributed by atoms with E-state index in [1.54, 1.807) is 76.2 Å². The van der Waals surface area contributed by atoms with Crippen LogP contribution < -0.4 is 103 Å². The lowest BCUT2D eigenvalue weighted by Crippen LogP contribution is -2.62. The van der Waals surface area contributed by atoms with E-state index in [1.165, 1.54) is 20.8 Å². The molecule has 17 amide bonds. The number of unbranched alkanes of at least 4 members (excludes halogenated alkanes) is 1. The average molecular weight is 1650 g/mol. The van der Waals surface area contributed by atoms with Crippen LogP contribution in [-0.2, 0) is 86.3 Å². The van der Waals surface area contributed by atoms with Gasteiger partial charge in [0.15, 0.2) is 0 Å². The average Bonchev–Trinajstić information content (AvgIpc) is 0.830. The van der Waals surface area contributed by atoms with Gasteiger partial charge >= 0.3 is 5.97 Å². The fourth-order valence-electron chi connectivity index (χ4n) is 11.7. The predicted octanol–water partition coefficient (Wildman–Crippen LogP) is -4.43. The molecule has 0 saturated carbocycles. The zero-order valence-electron chi connectivity index (χ0n) is 70.8. The summed E-state index contributed by atoms with van der Waals surface area (Å²) in [7, 11) is 0. The quantitative estimate of drug-likeness (QED) is 0.0256. The summed E-state index contributed by atoms with van der Waals surface area (Å²) in [5.41, 5.74) is 22.9. The molecule has 0 radical (unpaired) electrons. The molecule has 0 aliphatic rings. The molecule has 0 unspecified atom stereocenters. The summed E-state index contributed by atoms with van der Waals surface area (Å²) in [5, 5.41) is 67.8. The molecule has 0 heterocycles. The Morgan fingerprint density at radius 3 is 1.12 bits per heavy atom. The molecule has 26 N–H and O–H groups in total. The molecule has 0 aliphatic heterocycles. The van der Waals surface area contributed by atoms with Crippen LogP contribution in [0.25, 0.3) is 0 Å². The van der Waals surface area contributed by atoms with Gasteiger partial charge in [-0.3, -0.25) is 86.3 Å². The third kappa shape index (κ3) is 41.2. The highest BCUT2D eigenvalue weighted by atomic mass is 16.4. The number of nitrogens with two attached hydrogens (primary N) is 4. The van der Waals surface area contributed by atoms with Gasteiger partial charge in [-0.15, -0.1) is 0 Å². The topological polar surface area (TPSA) is 652 Å². The van der Waals surface area contributed by atoms with E-state index >= 15 is 0 Å². The Morgan fingerprint density at radius 2 is 0.698 bits per heavy atom. The van der Waals surface area contributed by atoms with E-state index in [4.69, 9.17) is 22.9 Å². The molecule has 0 aromatic heterocycles. The first kappa shape index (κ1) is 106. The summed E-state index contributed by atoms with van der Waals surface area (Å²) in [6, 6.07) is -20.1. The van der Waals surface area contributed by atoms with E-state index in [2.05, 4.69) is 79.8 Å². The second kappa shape index (κ2) is 54.3. The van der Waals surface area contributed by atoms with Crippen molar-refractivity contribution in [1.29, 1.82) is 0 Å². The standard InChI is InChI=1S/C76H137N19O21/c1-19-42(15)59(79)73(113)94-61(43(16)20-2)75(115)87-47(24-25-58(101)102)68(108)86-46(23-21-22-26-77)67(107)89-52(31-40(11)12)71(111)93-60(41(13)14)74(114)91-53(32-55(78)98)72(112)95-62(45(18)97)76(116)83-44(17)64(104)88-49(28-37(5)6)65(105)81-34-57(100)85-50(29-38(7)8)69(109)90-51(30-39(9)10)70(110)92-54(35-96)66(106)82-33-56(99)84-48(63(80)103)27-36(3)4/h36-54,59-62,96-97H,19-35,77,79H2,1-18H3,(H2,78,98)(H2,80,103)(H,81,105)(H,82,106)(H,83,116)(H,84,99)(H,85,100)(H,86,108)(H,87,115)(H,88,104)(H,89,107)(H,90,109)(H,91,114)(H,92,110)(H,93,111)(H,94,113)(H,95,112)(H,101,102)/t42-,43-,44-,45+,46-,47-,48-,49-,50-,51-,52-,53-,54-,59-,60-,61-,62-/m0/s1. The van der Waals surface area contributed by atoms with Crippen LogP contribution in [0.1, 0.15) is 208 Å². The Bertz CT molecular complexity index is 3280. The lowest BCUT2D eigenvalue weighted by molar-refractivity contribution is -0.139. The number of carbonyl (C=O) groups excluding carboxylic acids is 17. The molecular weight excluding hydrogens is 1510 g/mol. The van der Waals surface area contributed by atoms with Gasteiger partial charge in [0.1, 0.15) is 78.5 Å². The number of carboxylic acid groups (broad SMARTS) is 1. The second-order valence-corrected chi connectivity index (χ2v) is 32.2. The first-order valence-electron chi connectivity index (χ1n) is 40.0. The van der Waals surface area contributed by atoms with Gasteiger partial charge in [-0.1, -0.05) is 124 Å². The van der Waals surface area contributed by atoms with Crippen molar-refractivity contribution < 1.29 is 102 Å². The minimum Gasteiger partial charge on any atom is -0.481 e. The fourth-order valence-corrected chi connectivity index (χ4v) is 11.7. The molecule has 0 aromatic rings. The van der Waals surface area contributed by atoms with E-state index < -0.39 is 248 Å². The summed E-state index contributed by atoms with van der Waals surface area (Å²) in [4.78, 5) is 243. The van der Waals surface area contributed by atoms with Crippen molar-refractivity contribution in [3.05, 3.63) is 0 Å². The molecule has 40 heteroatoms. The van der Waals surface area contributed by atoms with Gasteiger partial charge in [0.25, 0.3) is 0 Å². The van der Waals surface area contributed by atoms with Gasteiger partial charge < -0.3 is 118 Å². The fraction of sp³-hybridized carbons (Fsp3) is 0.763. The van der Waals surface area contributed by atoms with Crippen molar-refractivity contribution in [2.75, 3.05) is 26.2 Å². The summed E-state index contributed by atoms with van der Waals surface area (Å²) in [6.07, 6.45) is -2.02. The van der Waals surface area contributed by atoms with Crippen LogP contribution in [0, 0.1) is 47.3 Å². The number of aliphatic carboxylic acids is 1. The number of aliphatic hydroxyl groups is 2. The molecule has 662 valence electrons. The molecule has 0 aromatic carbocycles. The molecule has 0 saturated heterocycles. The number of primary amides is 2. The number of amides is 17. The van der Waals surface area contributed by atoms with Crippen LogP contribution in [0.3, 0.4) is 0 Å². The summed E-state index contributed by atoms with van der Waals surface area (Å²) in [5.74, 6) is -19.8. The molecule has 0 aliphatic carbocycles. The normalized spacial score (nSPS) is 15.8. The lowest BCUT2D eigenvalue weighted by atomic mass is 9.95. The van der Waals surface area contributed by atoms with Crippen molar-refractivity contribution in [3.8, 4) is 0 Å². The van der Waals surface area contributed by atoms with Crippen molar-refractivity contribution >= 4 is 106 Å². The number of rotatable bonds is 57. The molecule has 0 bridgehead atoms. The maximum atomic E-state index is 14.4. The molecule has 0 spiro atoms. The molecule has 116 heavy (non-hydrogen) atoms. The molecule has 17 atom stereocenters. The number of carbonyl (C=O) groups is 18. The maximum Gasteiger partial charge on any atom is 0.303 e. The number of hydrogen-bond donors (Lipinski definition) is 22. The number of nitrogens with one attached hydrogen (secondary N) is 15. The third-order valence-corrected chi connectivity index (χ3v) is 18.7. The zero-order valence-corrected chi connectivity index (χ0v) is 70.8. The van der Waals surface area contributed by atoms with Crippen molar-refractivity contribution in [2.45, 2.75) is 299 Å². The number of carboxylic acids is 1. The van der Waals surface area contributed by atoms with Gasteiger partial charge in [-0.2, -0.15) is 0 Å². The predicted molar refractivity (Wildman–Crippen MR) is 427 cm³/mol. The largest absolute Gasteiger partial charge is 0.481 e. The minimum absolute atomic E-state index is 0.0117. The summed E-state index contributed by atoms with van der Waals surface area (Å²) < 4.78 is 0. The Labute approximate surface area is 680 Å². The van der Waals surface area contributed by atoms with Gasteiger partial charge in [-0.25, -0.2) is 0 Å². The van der Waals surface area contributed by atoms with E-state index in [9.17, 15) is 102 Å². The monoisotopic (exact) mass is 1650 g/mol. The van der Waals surface area contributed by atoms with Gasteiger partial charge in [0, 0.05) is 6.42 Å². The zero-order chi connectivity index (χ0) is 89.3. The third-order valence-electron chi connectivity index (χ3n) is 18.7. The van der Waals surface area contributed by atoms with Crippen molar-refractivity contribution in [1.82, 2.24) is 79.8 Å². The van der Waals surface area contributed by atoms with E-state index in [0.717, 1.165) is 6.92 Å². The highest BCUT2D eigenvalue weighted by Crippen LogP contribution is 2.17. The first-order valence-corrected chi connectivity index (χ1v) is 40.0. The highest BCUT2D eigenvalue weighted by Gasteiger charge is 2.40. The molecule has 0 rings (SSSR count). The van der Waals surface area contributed by atoms with Crippen LogP contribution in [-0.4, -0.2) is 239 Å². The second-order valence-electron chi connectivity index (χ2n) is 32.2. The van der Waals surface area contributed by atoms with Crippen LogP contribution in [0.2, 0.25) is 0 Å². The lowest BCUT2D eigenvalue weighted by Gasteiger charge is -2.30. The maximum absolute atomic E-state index is 14.4. The van der Waals surface area contributed by atoms with E-state index in [1.807, 2.05) is 20.8 Å². The van der Waals surface area contributed by atoms with Crippen molar-refractivity contribution in [3.63, 3.8) is 0 Å². The van der Waals surface area contributed by atoms with E-state index in [-0.39, 0.29) is 87.0 Å². The van der Waals surface area contributed by atoms with Crippen LogP contribution in [0.15, 0.2) is 0 Å². The number of aliphatic hydroxyl groups excluding tert-OH is 2. The van der Waals surface area contributed by atoms with Crippen molar-refractivity contribution in [2.24, 2.45) is 70.3 Å². The van der Waals surface area contributed by atoms with Crippen LogP contribution >= 0.6 is 0 Å². The van der Waals surface area contributed by atoms with Crippen LogP contribution in [0.4, 0.5) is 0 Å². The van der Waals surface area contributed by atoms with Crippen LogP contribution in [0.5, 0.6) is 0 Å². The summed E-state index contributed by atoms with van der Waals surface area (Å²) >= 11 is 0. The Hall–Kier alpha value is -9.70. The Morgan fingerprint density at radius 1 is 0.353 bits per heavy atom. The minimum atomic E-state index is -1.91. The van der Waals surface area contributed by atoms with Gasteiger partial charge in [-0.05, 0) is 126 Å². The Kier molecular flexibility index (Phi) is 49.7. The smallest absolute Gasteiger partial charge is 0.303 e. The Balaban J connectivity index is 6.60. The van der Waals surface area contributed by atoms with E-state index in [0.29, 0.717) is 19.3 Å². The highest BCUT2D eigenvalue weighted by molar-refractivity contribution is 6.01. The SMILES string of the molecule is CC[C@H](C)[C@H](N)C(=O)N[C@H](C(=O)N[C@@H](CCC(=O)O)C(=O)N[C@@H](CCCCN)C(=O)N[C@@H](CC(C)C)C(=O)N[C@H](C(=O)N[C@@H](CC(N)=O)C(=O)N[C@H](C(=O)N[C@@H](C)C(=O)N[C@@H](CC(C)C)C(=O)NCC(=O)N[C@@H](CC(C)C)C(=O)N[C@@H](CC(C)C)C(=O)N[C@@H](CO)C(=O)NCC(=O)N[C@@H](CC(C)C)C(N)=O)[C@@H](C)O)C(C)C)[C@@H](C)CC. The molecular formula is C76H137N19O21. The number of hydrogen-bond acceptors (Lipinski definition) is 22. The first-order chi connectivity index (χ1) is 53.9. The molecule has 40 nitrogen and oxygen atoms in total. The van der Waals surface area contributed by atoms with Gasteiger partial charge in [0.2, 0.25) is 100 Å². The van der Waals surface area contributed by atoms with Gasteiger partial charge in [0.05, 0.1) is 38.3 Å². The summed E-state index contributed by atoms with van der Waals surface area (Å²) in [6.45, 7) is 27.7.